The van der Waals surface area contributed by atoms with Gasteiger partial charge in [0.2, 0.25) is 5.76 Å². The van der Waals surface area contributed by atoms with Crippen molar-refractivity contribution in [1.29, 1.82) is 0 Å². The number of halogens is 1. The minimum Gasteiger partial charge on any atom is -0.460 e. The summed E-state index contributed by atoms with van der Waals surface area (Å²) in [6.45, 7) is 2.04. The van der Waals surface area contributed by atoms with Gasteiger partial charge in [-0.05, 0) is 19.1 Å². The van der Waals surface area contributed by atoms with Crippen molar-refractivity contribution < 1.29 is 14.1 Å². The number of aromatic nitrogens is 1. The number of thiophene rings is 1. The molecule has 0 atom stereocenters. The third-order valence-corrected chi connectivity index (χ3v) is 3.07. The zero-order valence-electron chi connectivity index (χ0n) is 8.40. The maximum atomic E-state index is 11.3. The second-order valence-corrected chi connectivity index (χ2v) is 4.62. The third kappa shape index (κ3) is 2.25. The van der Waals surface area contributed by atoms with Gasteiger partial charge < -0.3 is 9.26 Å². The number of carbonyl (C=O) groups excluding carboxylic acids is 1. The molecule has 0 spiro atoms. The summed E-state index contributed by atoms with van der Waals surface area (Å²) in [6.07, 6.45) is 0. The Hall–Kier alpha value is -1.33. The topological polar surface area (TPSA) is 52.3 Å². The molecular formula is C10H8ClNO3S. The number of rotatable bonds is 3. The van der Waals surface area contributed by atoms with E-state index >= 15 is 0 Å². The molecule has 0 amide bonds. The molecule has 2 aromatic heterocycles. The number of carbonyl (C=O) groups is 1. The molecule has 0 N–H and O–H groups in total. The summed E-state index contributed by atoms with van der Waals surface area (Å²) in [4.78, 5) is 12.2. The zero-order chi connectivity index (χ0) is 11.5. The molecule has 2 heterocycles. The Morgan fingerprint density at radius 2 is 2.44 bits per heavy atom. The van der Waals surface area contributed by atoms with Gasteiger partial charge in [0.25, 0.3) is 0 Å². The van der Waals surface area contributed by atoms with E-state index in [-0.39, 0.29) is 5.76 Å². The smallest absolute Gasteiger partial charge is 0.377 e. The van der Waals surface area contributed by atoms with Crippen molar-refractivity contribution in [3.63, 3.8) is 0 Å². The average Bonchev–Trinajstić information content (AvgIpc) is 2.85. The minimum atomic E-state index is -0.510. The van der Waals surface area contributed by atoms with Gasteiger partial charge in [0.05, 0.1) is 15.8 Å². The van der Waals surface area contributed by atoms with Crippen LogP contribution in [0.15, 0.2) is 22.7 Å². The van der Waals surface area contributed by atoms with Gasteiger partial charge in [-0.3, -0.25) is 0 Å². The van der Waals surface area contributed by atoms with E-state index < -0.39 is 5.97 Å². The van der Waals surface area contributed by atoms with Crippen LogP contribution in [0.3, 0.4) is 0 Å². The van der Waals surface area contributed by atoms with Gasteiger partial charge in [-0.25, -0.2) is 4.79 Å². The van der Waals surface area contributed by atoms with E-state index in [1.807, 2.05) is 6.07 Å². The van der Waals surface area contributed by atoms with Crippen molar-refractivity contribution in [2.24, 2.45) is 0 Å². The van der Waals surface area contributed by atoms with E-state index in [4.69, 9.17) is 20.9 Å². The highest BCUT2D eigenvalue weighted by Crippen LogP contribution is 2.30. The van der Waals surface area contributed by atoms with Gasteiger partial charge >= 0.3 is 5.97 Å². The van der Waals surface area contributed by atoms with Crippen molar-refractivity contribution in [2.45, 2.75) is 6.92 Å². The lowest BCUT2D eigenvalue weighted by Crippen LogP contribution is -2.02. The molecule has 2 rings (SSSR count). The van der Waals surface area contributed by atoms with E-state index in [1.54, 1.807) is 19.1 Å². The van der Waals surface area contributed by atoms with Crippen LogP contribution in [-0.2, 0) is 4.74 Å². The minimum absolute atomic E-state index is 0.0985. The molecule has 4 nitrogen and oxygen atoms in total. The normalized spacial score (nSPS) is 10.4. The van der Waals surface area contributed by atoms with Gasteiger partial charge in [0.1, 0.15) is 5.69 Å². The molecule has 2 aromatic rings. The number of ether oxygens (including phenoxy) is 1. The summed E-state index contributed by atoms with van der Waals surface area (Å²) in [5.74, 6) is -0.412. The number of nitrogens with zero attached hydrogens (tertiary/aromatic N) is 1. The van der Waals surface area contributed by atoms with Crippen molar-refractivity contribution >= 4 is 28.9 Å². The molecule has 16 heavy (non-hydrogen) atoms. The summed E-state index contributed by atoms with van der Waals surface area (Å²) in [6, 6.07) is 5.13. The molecular weight excluding hydrogens is 250 g/mol. The first kappa shape index (κ1) is 11.2. The van der Waals surface area contributed by atoms with Gasteiger partial charge in [-0.15, -0.1) is 11.3 Å². The van der Waals surface area contributed by atoms with Gasteiger partial charge in [0, 0.05) is 6.07 Å². The Balaban J connectivity index is 2.22. The number of hydrogen-bond donors (Lipinski definition) is 0. The van der Waals surface area contributed by atoms with Gasteiger partial charge in [-0.2, -0.15) is 0 Å². The summed E-state index contributed by atoms with van der Waals surface area (Å²) in [5, 5.41) is 3.78. The second-order valence-electron chi connectivity index (χ2n) is 2.90. The largest absolute Gasteiger partial charge is 0.460 e. The predicted molar refractivity (Wildman–Crippen MR) is 60.8 cm³/mol. The number of esters is 1. The molecule has 0 aromatic carbocycles. The molecule has 0 aliphatic rings. The van der Waals surface area contributed by atoms with Crippen LogP contribution in [0.2, 0.25) is 4.34 Å². The maximum Gasteiger partial charge on any atom is 0.377 e. The van der Waals surface area contributed by atoms with Crippen LogP contribution >= 0.6 is 22.9 Å². The van der Waals surface area contributed by atoms with E-state index in [9.17, 15) is 4.79 Å². The van der Waals surface area contributed by atoms with Gasteiger partial charge in [0.15, 0.2) is 0 Å². The highest BCUT2D eigenvalue weighted by molar-refractivity contribution is 7.19. The van der Waals surface area contributed by atoms with Crippen molar-refractivity contribution in [1.82, 2.24) is 5.16 Å². The fourth-order valence-electron chi connectivity index (χ4n) is 1.14. The van der Waals surface area contributed by atoms with Crippen LogP contribution < -0.4 is 0 Å². The Morgan fingerprint density at radius 3 is 3.06 bits per heavy atom. The predicted octanol–water partition coefficient (Wildman–Crippen LogP) is 3.23. The summed E-state index contributed by atoms with van der Waals surface area (Å²) >= 11 is 7.17. The van der Waals surface area contributed by atoms with E-state index in [1.165, 1.54) is 11.3 Å². The molecule has 0 saturated carbocycles. The SMILES string of the molecule is CCOC(=O)c1cc(-c2ccc(Cl)s2)no1. The monoisotopic (exact) mass is 257 g/mol. The summed E-state index contributed by atoms with van der Waals surface area (Å²) in [7, 11) is 0. The van der Waals surface area contributed by atoms with Crippen LogP contribution in [0.4, 0.5) is 0 Å². The lowest BCUT2D eigenvalue weighted by atomic mass is 10.3. The highest BCUT2D eigenvalue weighted by Gasteiger charge is 2.15. The number of hydrogen-bond acceptors (Lipinski definition) is 5. The van der Waals surface area contributed by atoms with Crippen LogP contribution in [0, 0.1) is 0 Å². The Kier molecular flexibility index (Phi) is 3.26. The molecule has 0 fully saturated rings. The molecule has 84 valence electrons. The highest BCUT2D eigenvalue weighted by atomic mass is 35.5. The third-order valence-electron chi connectivity index (χ3n) is 1.81. The summed E-state index contributed by atoms with van der Waals surface area (Å²) in [5.41, 5.74) is 0.583. The van der Waals surface area contributed by atoms with Crippen LogP contribution in [0.1, 0.15) is 17.5 Å². The first-order valence-corrected chi connectivity index (χ1v) is 5.79. The first-order valence-electron chi connectivity index (χ1n) is 4.60. The fraction of sp³-hybridized carbons (Fsp3) is 0.200. The molecule has 6 heteroatoms. The average molecular weight is 258 g/mol. The van der Waals surface area contributed by atoms with Crippen LogP contribution in [0.25, 0.3) is 10.6 Å². The van der Waals surface area contributed by atoms with Crippen molar-refractivity contribution in [3.8, 4) is 10.6 Å². The Labute approximate surface area is 101 Å². The van der Waals surface area contributed by atoms with Crippen molar-refractivity contribution in [2.75, 3.05) is 6.61 Å². The van der Waals surface area contributed by atoms with Gasteiger partial charge in [-0.1, -0.05) is 16.8 Å². The summed E-state index contributed by atoms with van der Waals surface area (Å²) < 4.78 is 10.3. The Morgan fingerprint density at radius 1 is 1.62 bits per heavy atom. The zero-order valence-corrected chi connectivity index (χ0v) is 9.97. The van der Waals surface area contributed by atoms with Crippen LogP contribution in [0.5, 0.6) is 0 Å². The fourth-order valence-corrected chi connectivity index (χ4v) is 2.14. The molecule has 0 saturated heterocycles. The van der Waals surface area contributed by atoms with Crippen LogP contribution in [-0.4, -0.2) is 17.7 Å². The Bertz CT molecular complexity index is 506. The lowest BCUT2D eigenvalue weighted by Gasteiger charge is -1.94. The quantitative estimate of drug-likeness (QED) is 0.792. The first-order chi connectivity index (χ1) is 7.70. The lowest BCUT2D eigenvalue weighted by molar-refractivity contribution is 0.0480. The second kappa shape index (κ2) is 4.67. The standard InChI is InChI=1S/C10H8ClNO3S/c1-2-14-10(13)7-5-6(12-15-7)8-3-4-9(11)16-8/h3-5H,2H2,1H3. The van der Waals surface area contributed by atoms with Crippen molar-refractivity contribution in [3.05, 3.63) is 28.3 Å². The maximum absolute atomic E-state index is 11.3. The van der Waals surface area contributed by atoms with E-state index in [2.05, 4.69) is 5.16 Å². The van der Waals surface area contributed by atoms with E-state index in [0.717, 1.165) is 4.88 Å². The van der Waals surface area contributed by atoms with E-state index in [0.29, 0.717) is 16.6 Å². The molecule has 0 aliphatic heterocycles. The molecule has 0 unspecified atom stereocenters. The molecule has 0 bridgehead atoms. The molecule has 0 radical (unpaired) electrons. The molecule has 0 aliphatic carbocycles.